The Kier molecular flexibility index (Phi) is 9.22. The monoisotopic (exact) mass is 538 g/mol. The summed E-state index contributed by atoms with van der Waals surface area (Å²) in [6, 6.07) is 21.1. The van der Waals surface area contributed by atoms with Crippen LogP contribution in [0.1, 0.15) is 39.9 Å². The highest BCUT2D eigenvalue weighted by Gasteiger charge is 2.26. The summed E-state index contributed by atoms with van der Waals surface area (Å²) in [5, 5.41) is 13.3. The molecule has 0 unspecified atom stereocenters. The first-order chi connectivity index (χ1) is 19.6. The van der Waals surface area contributed by atoms with Crippen LogP contribution in [-0.2, 0) is 22.4 Å². The summed E-state index contributed by atoms with van der Waals surface area (Å²) in [5.41, 5.74) is 7.35. The molecule has 0 bridgehead atoms. The minimum atomic E-state index is -0.0541. The molecule has 1 aromatic heterocycles. The number of carbonyl (C=O) groups excluding carboxylic acids is 3. The van der Waals surface area contributed by atoms with Crippen LogP contribution in [-0.4, -0.2) is 42.3 Å². The number of aliphatic hydroxyl groups excluding tert-OH is 1. The molecule has 40 heavy (non-hydrogen) atoms. The van der Waals surface area contributed by atoms with Crippen molar-refractivity contribution >= 4 is 46.9 Å². The first-order valence-electron chi connectivity index (χ1n) is 12.7. The van der Waals surface area contributed by atoms with Crippen molar-refractivity contribution in [3.05, 3.63) is 107 Å². The molecule has 3 N–H and O–H groups in total. The molecule has 4 aromatic rings. The van der Waals surface area contributed by atoms with E-state index in [0.717, 1.165) is 59.2 Å². The van der Waals surface area contributed by atoms with E-state index in [9.17, 15) is 14.4 Å². The third-order valence-corrected chi connectivity index (χ3v) is 6.57. The summed E-state index contributed by atoms with van der Waals surface area (Å²) in [4.78, 5) is 41.3. The van der Waals surface area contributed by atoms with Gasteiger partial charge in [0.2, 0.25) is 18.2 Å². The zero-order chi connectivity index (χ0) is 28.5. The SMILES string of the molecule is C/C(=C(\Nc1ccc2c(c1)CCN2C(=O)Cc1ncco1)c1ccccc1)c1ccc(C=O)cc1NC=O.CO. The lowest BCUT2D eigenvalue weighted by atomic mass is 9.97. The zero-order valence-corrected chi connectivity index (χ0v) is 22.3. The maximum absolute atomic E-state index is 12.9. The molecule has 0 spiro atoms. The van der Waals surface area contributed by atoms with Crippen LogP contribution in [0.15, 0.2) is 83.6 Å². The van der Waals surface area contributed by atoms with Crippen LogP contribution in [0.2, 0.25) is 0 Å². The number of allylic oxidation sites excluding steroid dienone is 1. The van der Waals surface area contributed by atoms with Gasteiger partial charge in [0.25, 0.3) is 0 Å². The van der Waals surface area contributed by atoms with Gasteiger partial charge >= 0.3 is 0 Å². The number of nitrogens with zero attached hydrogens (tertiary/aromatic N) is 2. The number of anilines is 3. The van der Waals surface area contributed by atoms with Gasteiger partial charge in [-0.3, -0.25) is 14.4 Å². The maximum atomic E-state index is 12.9. The van der Waals surface area contributed by atoms with Crippen LogP contribution in [0.4, 0.5) is 17.1 Å². The topological polar surface area (TPSA) is 125 Å². The fourth-order valence-corrected chi connectivity index (χ4v) is 4.71. The Labute approximate surface area is 232 Å². The van der Waals surface area contributed by atoms with Crippen molar-refractivity contribution < 1.29 is 23.9 Å². The van der Waals surface area contributed by atoms with E-state index in [2.05, 4.69) is 21.7 Å². The molecule has 0 atom stereocenters. The number of hydrogen-bond acceptors (Lipinski definition) is 7. The number of benzene rings is 3. The molecule has 2 heterocycles. The molecule has 0 saturated carbocycles. The molecule has 9 heteroatoms. The highest BCUT2D eigenvalue weighted by molar-refractivity contribution is 6.00. The number of oxazole rings is 1. The second-order valence-corrected chi connectivity index (χ2v) is 8.92. The molecular weight excluding hydrogens is 508 g/mol. The number of nitrogens with one attached hydrogen (secondary N) is 2. The average Bonchev–Trinajstić information content (AvgIpc) is 3.67. The Hall–Kier alpha value is -5.02. The summed E-state index contributed by atoms with van der Waals surface area (Å²) in [7, 11) is 1.00. The summed E-state index contributed by atoms with van der Waals surface area (Å²) >= 11 is 0. The number of fused-ring (bicyclic) bond motifs is 1. The van der Waals surface area contributed by atoms with Crippen LogP contribution in [0.25, 0.3) is 11.3 Å². The van der Waals surface area contributed by atoms with Gasteiger partial charge in [-0.2, -0.15) is 0 Å². The van der Waals surface area contributed by atoms with Crippen LogP contribution in [0.3, 0.4) is 0 Å². The number of aliphatic hydroxyl groups is 1. The zero-order valence-electron chi connectivity index (χ0n) is 22.3. The van der Waals surface area contributed by atoms with Crippen molar-refractivity contribution in [1.82, 2.24) is 4.98 Å². The summed E-state index contributed by atoms with van der Waals surface area (Å²) in [6.45, 7) is 2.57. The first-order valence-corrected chi connectivity index (χ1v) is 12.7. The third kappa shape index (κ3) is 6.16. The third-order valence-electron chi connectivity index (χ3n) is 6.57. The van der Waals surface area contributed by atoms with E-state index < -0.39 is 0 Å². The van der Waals surface area contributed by atoms with Crippen molar-refractivity contribution in [2.24, 2.45) is 0 Å². The molecule has 3 aromatic carbocycles. The molecular formula is C31H30N4O5. The smallest absolute Gasteiger partial charge is 0.236 e. The molecule has 1 aliphatic heterocycles. The lowest BCUT2D eigenvalue weighted by Crippen LogP contribution is -2.30. The van der Waals surface area contributed by atoms with E-state index in [1.807, 2.05) is 55.5 Å². The number of aldehydes is 1. The van der Waals surface area contributed by atoms with Crippen molar-refractivity contribution in [3.8, 4) is 0 Å². The quantitative estimate of drug-likeness (QED) is 0.207. The minimum Gasteiger partial charge on any atom is -0.448 e. The van der Waals surface area contributed by atoms with Gasteiger partial charge in [-0.15, -0.1) is 0 Å². The molecule has 0 aliphatic carbocycles. The molecule has 5 rings (SSSR count). The van der Waals surface area contributed by atoms with Crippen molar-refractivity contribution in [2.75, 3.05) is 29.2 Å². The number of amides is 2. The Balaban J connectivity index is 0.00000181. The summed E-state index contributed by atoms with van der Waals surface area (Å²) < 4.78 is 5.24. The van der Waals surface area contributed by atoms with Crippen molar-refractivity contribution in [2.45, 2.75) is 19.8 Å². The number of carbonyl (C=O) groups is 3. The lowest BCUT2D eigenvalue weighted by molar-refractivity contribution is -0.118. The van der Waals surface area contributed by atoms with E-state index in [0.29, 0.717) is 30.1 Å². The van der Waals surface area contributed by atoms with Crippen molar-refractivity contribution in [1.29, 1.82) is 0 Å². The van der Waals surface area contributed by atoms with Gasteiger partial charge in [0.05, 0.1) is 6.20 Å². The van der Waals surface area contributed by atoms with Gasteiger partial charge in [0, 0.05) is 47.5 Å². The van der Waals surface area contributed by atoms with Gasteiger partial charge < -0.3 is 25.1 Å². The molecule has 1 aliphatic rings. The predicted octanol–water partition coefficient (Wildman–Crippen LogP) is 4.80. The highest BCUT2D eigenvalue weighted by Crippen LogP contribution is 2.35. The Bertz CT molecular complexity index is 1510. The molecule has 0 radical (unpaired) electrons. The van der Waals surface area contributed by atoms with Gasteiger partial charge in [-0.1, -0.05) is 42.5 Å². The summed E-state index contributed by atoms with van der Waals surface area (Å²) in [6.07, 6.45) is 5.21. The molecule has 204 valence electrons. The average molecular weight is 539 g/mol. The number of rotatable bonds is 9. The van der Waals surface area contributed by atoms with E-state index in [4.69, 9.17) is 9.52 Å². The van der Waals surface area contributed by atoms with Crippen LogP contribution < -0.4 is 15.5 Å². The number of hydrogen-bond donors (Lipinski definition) is 3. The van der Waals surface area contributed by atoms with Gasteiger partial charge in [-0.25, -0.2) is 4.98 Å². The maximum Gasteiger partial charge on any atom is 0.236 e. The Morgan fingerprint density at radius 1 is 1.07 bits per heavy atom. The van der Waals surface area contributed by atoms with E-state index in [1.54, 1.807) is 17.0 Å². The van der Waals surface area contributed by atoms with Gasteiger partial charge in [0.15, 0.2) is 0 Å². The highest BCUT2D eigenvalue weighted by atomic mass is 16.3. The summed E-state index contributed by atoms with van der Waals surface area (Å²) in [5.74, 6) is 0.348. The van der Waals surface area contributed by atoms with E-state index >= 15 is 0 Å². The first kappa shape index (κ1) is 28.0. The second-order valence-electron chi connectivity index (χ2n) is 8.92. The van der Waals surface area contributed by atoms with Crippen molar-refractivity contribution in [3.63, 3.8) is 0 Å². The molecule has 2 amide bonds. The molecule has 0 saturated heterocycles. The van der Waals surface area contributed by atoms with Gasteiger partial charge in [-0.05, 0) is 54.3 Å². The Morgan fingerprint density at radius 2 is 1.88 bits per heavy atom. The van der Waals surface area contributed by atoms with E-state index in [1.165, 1.54) is 12.5 Å². The standard InChI is InChI=1S/C30H26N4O4.CH4O/c1-20(25-9-7-21(18-35)15-26(25)32-19-36)30(22-5-3-2-4-6-22)33-24-8-10-27-23(16-24)11-13-34(27)29(37)17-28-31-12-14-38-28;1-2/h2-10,12,14-16,18-19,33H,11,13,17H2,1H3,(H,32,36);2H,1H3/b30-20+;. The number of aromatic nitrogens is 1. The minimum absolute atomic E-state index is 0.0541. The lowest BCUT2D eigenvalue weighted by Gasteiger charge is -2.20. The second kappa shape index (κ2) is 13.2. The largest absolute Gasteiger partial charge is 0.448 e. The fourth-order valence-electron chi connectivity index (χ4n) is 4.71. The Morgan fingerprint density at radius 3 is 2.58 bits per heavy atom. The predicted molar refractivity (Wildman–Crippen MR) is 155 cm³/mol. The van der Waals surface area contributed by atoms with E-state index in [-0.39, 0.29) is 12.3 Å². The van der Waals surface area contributed by atoms with Crippen LogP contribution in [0, 0.1) is 0 Å². The molecule has 9 nitrogen and oxygen atoms in total. The normalized spacial score (nSPS) is 12.4. The fraction of sp³-hybridized carbons (Fsp3) is 0.161. The van der Waals surface area contributed by atoms with Gasteiger partial charge in [0.1, 0.15) is 19.0 Å². The van der Waals surface area contributed by atoms with Crippen LogP contribution >= 0.6 is 0 Å². The van der Waals surface area contributed by atoms with Crippen LogP contribution in [0.5, 0.6) is 0 Å². The molecule has 0 fully saturated rings.